The number of likely N-dealkylation sites (tertiary alicyclic amines) is 1. The molecule has 1 aliphatic carbocycles. The van der Waals surface area contributed by atoms with Crippen LogP contribution in [0.5, 0.6) is 0 Å². The van der Waals surface area contributed by atoms with Gasteiger partial charge in [-0.05, 0) is 55.3 Å². The molecule has 0 bridgehead atoms. The van der Waals surface area contributed by atoms with Crippen molar-refractivity contribution in [1.82, 2.24) is 4.90 Å². The van der Waals surface area contributed by atoms with E-state index in [9.17, 15) is 4.39 Å². The smallest absolute Gasteiger partial charge is 0.123 e. The molecular formula is C16H22FN. The average Bonchev–Trinajstić information content (AvgIpc) is 3.02. The van der Waals surface area contributed by atoms with Crippen LogP contribution in [-0.2, 0) is 0 Å². The van der Waals surface area contributed by atoms with Gasteiger partial charge in [-0.3, -0.25) is 0 Å². The molecule has 1 saturated heterocycles. The molecule has 2 heteroatoms. The topological polar surface area (TPSA) is 3.24 Å². The summed E-state index contributed by atoms with van der Waals surface area (Å²) in [6.45, 7) is 3.68. The Bertz CT molecular complexity index is 381. The monoisotopic (exact) mass is 247 g/mol. The summed E-state index contributed by atoms with van der Waals surface area (Å²) in [5.41, 5.74) is 1.31. The molecule has 1 saturated carbocycles. The molecule has 0 aromatic heterocycles. The lowest BCUT2D eigenvalue weighted by Gasteiger charge is -2.20. The van der Waals surface area contributed by atoms with E-state index in [-0.39, 0.29) is 5.82 Å². The van der Waals surface area contributed by atoms with Gasteiger partial charge in [-0.15, -0.1) is 0 Å². The lowest BCUT2D eigenvalue weighted by molar-refractivity contribution is 0.277. The zero-order valence-electron chi connectivity index (χ0n) is 10.9. The van der Waals surface area contributed by atoms with Crippen molar-refractivity contribution in [2.24, 2.45) is 5.92 Å². The van der Waals surface area contributed by atoms with Crippen LogP contribution in [0.15, 0.2) is 24.3 Å². The third kappa shape index (κ3) is 2.74. The van der Waals surface area contributed by atoms with Crippen LogP contribution in [0.25, 0.3) is 0 Å². The lowest BCUT2D eigenvalue weighted by atomic mass is 9.98. The zero-order chi connectivity index (χ0) is 12.4. The molecule has 1 nitrogen and oxygen atoms in total. The fraction of sp³-hybridized carbons (Fsp3) is 0.625. The minimum Gasteiger partial charge on any atom is -0.302 e. The van der Waals surface area contributed by atoms with Crippen LogP contribution >= 0.6 is 0 Å². The molecule has 98 valence electrons. The summed E-state index contributed by atoms with van der Waals surface area (Å²) in [6.07, 6.45) is 6.95. The van der Waals surface area contributed by atoms with E-state index in [0.717, 1.165) is 5.92 Å². The predicted octanol–water partition coefficient (Wildman–Crippen LogP) is 3.81. The van der Waals surface area contributed by atoms with Crippen LogP contribution in [0.3, 0.4) is 0 Å². The Morgan fingerprint density at radius 3 is 2.50 bits per heavy atom. The third-order valence-electron chi connectivity index (χ3n) is 4.60. The molecule has 1 heterocycles. The van der Waals surface area contributed by atoms with Crippen molar-refractivity contribution in [2.45, 2.75) is 38.0 Å². The second-order valence-electron chi connectivity index (χ2n) is 5.95. The van der Waals surface area contributed by atoms with Crippen molar-refractivity contribution in [3.8, 4) is 0 Å². The predicted molar refractivity (Wildman–Crippen MR) is 72.2 cm³/mol. The van der Waals surface area contributed by atoms with Crippen LogP contribution in [-0.4, -0.2) is 24.5 Å². The van der Waals surface area contributed by atoms with Crippen molar-refractivity contribution in [2.75, 3.05) is 19.6 Å². The van der Waals surface area contributed by atoms with Crippen molar-refractivity contribution < 1.29 is 4.39 Å². The van der Waals surface area contributed by atoms with E-state index in [1.54, 1.807) is 12.1 Å². The van der Waals surface area contributed by atoms with Crippen LogP contribution in [0, 0.1) is 11.7 Å². The maximum Gasteiger partial charge on any atom is 0.123 e. The van der Waals surface area contributed by atoms with E-state index in [1.165, 1.54) is 57.3 Å². The van der Waals surface area contributed by atoms with Gasteiger partial charge in [-0.2, -0.15) is 0 Å². The van der Waals surface area contributed by atoms with Gasteiger partial charge in [0.25, 0.3) is 0 Å². The van der Waals surface area contributed by atoms with Gasteiger partial charge in [0.1, 0.15) is 5.82 Å². The SMILES string of the molecule is Fc1ccc([C@H]2CCN(CC3CCCC3)C2)cc1. The summed E-state index contributed by atoms with van der Waals surface area (Å²) in [4.78, 5) is 2.62. The van der Waals surface area contributed by atoms with E-state index in [0.29, 0.717) is 5.92 Å². The molecule has 2 aliphatic rings. The lowest BCUT2D eigenvalue weighted by Crippen LogP contribution is -2.26. The van der Waals surface area contributed by atoms with Gasteiger partial charge in [0.2, 0.25) is 0 Å². The minimum absolute atomic E-state index is 0.125. The van der Waals surface area contributed by atoms with E-state index in [4.69, 9.17) is 0 Å². The van der Waals surface area contributed by atoms with Gasteiger partial charge in [0, 0.05) is 13.1 Å². The molecule has 0 radical (unpaired) electrons. The Morgan fingerprint density at radius 2 is 1.78 bits per heavy atom. The first-order chi connectivity index (χ1) is 8.81. The number of hydrogen-bond donors (Lipinski definition) is 0. The fourth-order valence-electron chi connectivity index (χ4n) is 3.56. The van der Waals surface area contributed by atoms with Crippen molar-refractivity contribution >= 4 is 0 Å². The Morgan fingerprint density at radius 1 is 1.06 bits per heavy atom. The number of rotatable bonds is 3. The van der Waals surface area contributed by atoms with E-state index >= 15 is 0 Å². The molecule has 3 rings (SSSR count). The van der Waals surface area contributed by atoms with Crippen molar-refractivity contribution in [3.63, 3.8) is 0 Å². The summed E-state index contributed by atoms with van der Waals surface area (Å²) < 4.78 is 12.9. The largest absolute Gasteiger partial charge is 0.302 e. The molecular weight excluding hydrogens is 225 g/mol. The Hall–Kier alpha value is -0.890. The molecule has 2 fully saturated rings. The second kappa shape index (κ2) is 5.40. The quantitative estimate of drug-likeness (QED) is 0.785. The molecule has 18 heavy (non-hydrogen) atoms. The third-order valence-corrected chi connectivity index (χ3v) is 4.60. The number of nitrogens with zero attached hydrogens (tertiary/aromatic N) is 1. The van der Waals surface area contributed by atoms with Gasteiger partial charge in [-0.25, -0.2) is 4.39 Å². The number of hydrogen-bond acceptors (Lipinski definition) is 1. The average molecular weight is 247 g/mol. The highest BCUT2D eigenvalue weighted by Crippen LogP contribution is 2.31. The van der Waals surface area contributed by atoms with Gasteiger partial charge in [0.05, 0.1) is 0 Å². The molecule has 0 amide bonds. The Kier molecular flexibility index (Phi) is 3.64. The molecule has 0 N–H and O–H groups in total. The van der Waals surface area contributed by atoms with Crippen LogP contribution in [0.1, 0.15) is 43.6 Å². The van der Waals surface area contributed by atoms with Crippen molar-refractivity contribution in [1.29, 1.82) is 0 Å². The molecule has 1 aliphatic heterocycles. The highest BCUT2D eigenvalue weighted by molar-refractivity contribution is 5.21. The first-order valence-corrected chi connectivity index (χ1v) is 7.29. The normalized spacial score (nSPS) is 25.9. The summed E-state index contributed by atoms with van der Waals surface area (Å²) >= 11 is 0. The van der Waals surface area contributed by atoms with Crippen LogP contribution < -0.4 is 0 Å². The number of halogens is 1. The fourth-order valence-corrected chi connectivity index (χ4v) is 3.56. The summed E-state index contributed by atoms with van der Waals surface area (Å²) in [6, 6.07) is 7.10. The van der Waals surface area contributed by atoms with Gasteiger partial charge < -0.3 is 4.90 Å². The Labute approximate surface area is 109 Å². The minimum atomic E-state index is -0.125. The standard InChI is InChI=1S/C16H22FN/c17-16-7-5-14(6-8-16)15-9-10-18(12-15)11-13-3-1-2-4-13/h5-8,13,15H,1-4,9-12H2/t15-/m0/s1. The maximum atomic E-state index is 12.9. The highest BCUT2D eigenvalue weighted by Gasteiger charge is 2.26. The summed E-state index contributed by atoms with van der Waals surface area (Å²) in [7, 11) is 0. The van der Waals surface area contributed by atoms with Crippen LogP contribution in [0.4, 0.5) is 4.39 Å². The first-order valence-electron chi connectivity index (χ1n) is 7.29. The molecule has 1 aromatic rings. The van der Waals surface area contributed by atoms with Gasteiger partial charge in [0.15, 0.2) is 0 Å². The first kappa shape index (κ1) is 12.2. The van der Waals surface area contributed by atoms with Gasteiger partial charge >= 0.3 is 0 Å². The second-order valence-corrected chi connectivity index (χ2v) is 5.95. The molecule has 0 spiro atoms. The zero-order valence-corrected chi connectivity index (χ0v) is 10.9. The highest BCUT2D eigenvalue weighted by atomic mass is 19.1. The number of benzene rings is 1. The molecule has 1 aromatic carbocycles. The summed E-state index contributed by atoms with van der Waals surface area (Å²) in [5.74, 6) is 1.43. The van der Waals surface area contributed by atoms with Crippen LogP contribution in [0.2, 0.25) is 0 Å². The summed E-state index contributed by atoms with van der Waals surface area (Å²) in [5, 5.41) is 0. The molecule has 0 unspecified atom stereocenters. The van der Waals surface area contributed by atoms with E-state index in [1.807, 2.05) is 12.1 Å². The maximum absolute atomic E-state index is 12.9. The van der Waals surface area contributed by atoms with E-state index < -0.39 is 0 Å². The van der Waals surface area contributed by atoms with Crippen molar-refractivity contribution in [3.05, 3.63) is 35.6 Å². The molecule has 1 atom stereocenters. The van der Waals surface area contributed by atoms with E-state index in [2.05, 4.69) is 4.90 Å². The van der Waals surface area contributed by atoms with Gasteiger partial charge in [-0.1, -0.05) is 25.0 Å². The Balaban J connectivity index is 1.55.